The molecule has 3 rings (SSSR count). The molecule has 164 valence electrons. The Balaban J connectivity index is 0.00000341. The summed E-state index contributed by atoms with van der Waals surface area (Å²) in [6, 6.07) is 23.5. The third kappa shape index (κ3) is 7.15. The van der Waals surface area contributed by atoms with Gasteiger partial charge in [-0.15, -0.1) is 12.4 Å². The molecule has 0 atom stereocenters. The maximum absolute atomic E-state index is 12.6. The first-order valence-electron chi connectivity index (χ1n) is 9.58. The van der Waals surface area contributed by atoms with Gasteiger partial charge in [-0.25, -0.2) is 4.79 Å². The van der Waals surface area contributed by atoms with Crippen LogP contribution in [0.5, 0.6) is 5.75 Å². The van der Waals surface area contributed by atoms with Crippen LogP contribution in [0.3, 0.4) is 0 Å². The highest BCUT2D eigenvalue weighted by molar-refractivity contribution is 6.37. The molecule has 0 radical (unpaired) electrons. The van der Waals surface area contributed by atoms with Gasteiger partial charge in [-0.2, -0.15) is 0 Å². The van der Waals surface area contributed by atoms with Crippen LogP contribution in [0.1, 0.15) is 21.5 Å². The van der Waals surface area contributed by atoms with E-state index in [9.17, 15) is 4.79 Å². The number of hydrogen-bond acceptors (Lipinski definition) is 4. The summed E-state index contributed by atoms with van der Waals surface area (Å²) in [7, 11) is 1.44. The molecule has 31 heavy (non-hydrogen) atoms. The maximum atomic E-state index is 12.6. The van der Waals surface area contributed by atoms with Crippen LogP contribution in [0.2, 0.25) is 10.0 Å². The van der Waals surface area contributed by atoms with Crippen molar-refractivity contribution in [3.63, 3.8) is 0 Å². The first kappa shape index (κ1) is 25.0. The lowest BCUT2D eigenvalue weighted by Gasteiger charge is -2.22. The fourth-order valence-electron chi connectivity index (χ4n) is 3.16. The summed E-state index contributed by atoms with van der Waals surface area (Å²) in [5.74, 6) is -0.335. The number of carbonyl (C=O) groups excluding carboxylic acids is 1. The van der Waals surface area contributed by atoms with Crippen molar-refractivity contribution in [1.82, 2.24) is 4.90 Å². The molecule has 0 heterocycles. The lowest BCUT2D eigenvalue weighted by atomic mass is 10.1. The molecule has 3 aromatic carbocycles. The SMILES string of the molecule is COc1c(Cl)ccc(Cl)c1C(=O)OCCN(Cc1ccccc1)Cc1ccccc1.Cl. The highest BCUT2D eigenvalue weighted by Crippen LogP contribution is 2.34. The van der Waals surface area contributed by atoms with E-state index >= 15 is 0 Å². The highest BCUT2D eigenvalue weighted by Gasteiger charge is 2.21. The smallest absolute Gasteiger partial charge is 0.343 e. The van der Waals surface area contributed by atoms with Crippen LogP contribution in [0.4, 0.5) is 0 Å². The second kappa shape index (κ2) is 12.6. The molecule has 4 nitrogen and oxygen atoms in total. The van der Waals surface area contributed by atoms with E-state index in [0.29, 0.717) is 11.6 Å². The molecule has 0 spiro atoms. The number of esters is 1. The minimum absolute atomic E-state index is 0. The molecule has 0 aliphatic rings. The van der Waals surface area contributed by atoms with Crippen LogP contribution in [-0.4, -0.2) is 31.1 Å². The molecular formula is C24H24Cl3NO3. The fourth-order valence-corrected chi connectivity index (χ4v) is 3.62. The third-order valence-electron chi connectivity index (χ3n) is 4.61. The zero-order chi connectivity index (χ0) is 21.3. The minimum Gasteiger partial charge on any atom is -0.494 e. The standard InChI is InChI=1S/C24H23Cl2NO3.ClH/c1-29-23-21(26)13-12-20(25)22(23)24(28)30-15-14-27(16-18-8-4-2-5-9-18)17-19-10-6-3-7-11-19;/h2-13H,14-17H2,1H3;1H. The van der Waals surface area contributed by atoms with E-state index in [1.54, 1.807) is 12.1 Å². The Hall–Kier alpha value is -2.24. The molecule has 0 N–H and O–H groups in total. The molecule has 0 saturated carbocycles. The van der Waals surface area contributed by atoms with Gasteiger partial charge in [0, 0.05) is 19.6 Å². The predicted octanol–water partition coefficient (Wildman–Crippen LogP) is 6.28. The molecule has 0 aromatic heterocycles. The number of hydrogen-bond donors (Lipinski definition) is 0. The topological polar surface area (TPSA) is 38.8 Å². The summed E-state index contributed by atoms with van der Waals surface area (Å²) in [5.41, 5.74) is 2.53. The van der Waals surface area contributed by atoms with Gasteiger partial charge >= 0.3 is 5.97 Å². The molecule has 0 aliphatic heterocycles. The van der Waals surface area contributed by atoms with Gasteiger partial charge in [0.25, 0.3) is 0 Å². The quantitative estimate of drug-likeness (QED) is 0.338. The Morgan fingerprint density at radius 1 is 0.839 bits per heavy atom. The molecule has 0 amide bonds. The summed E-state index contributed by atoms with van der Waals surface area (Å²) in [5, 5.41) is 0.551. The maximum Gasteiger partial charge on any atom is 0.343 e. The van der Waals surface area contributed by atoms with Gasteiger partial charge in [0.15, 0.2) is 5.75 Å². The Labute approximate surface area is 199 Å². The monoisotopic (exact) mass is 479 g/mol. The van der Waals surface area contributed by atoms with Crippen LogP contribution in [0, 0.1) is 0 Å². The van der Waals surface area contributed by atoms with Crippen molar-refractivity contribution in [3.8, 4) is 5.75 Å². The average Bonchev–Trinajstić information content (AvgIpc) is 2.76. The van der Waals surface area contributed by atoms with Crippen LogP contribution >= 0.6 is 35.6 Å². The number of carbonyl (C=O) groups is 1. The van der Waals surface area contributed by atoms with E-state index in [1.165, 1.54) is 18.2 Å². The van der Waals surface area contributed by atoms with E-state index in [-0.39, 0.29) is 35.3 Å². The van der Waals surface area contributed by atoms with Crippen molar-refractivity contribution < 1.29 is 14.3 Å². The van der Waals surface area contributed by atoms with E-state index in [2.05, 4.69) is 29.2 Å². The van der Waals surface area contributed by atoms with Crippen LogP contribution in [0.25, 0.3) is 0 Å². The van der Waals surface area contributed by atoms with Gasteiger partial charge in [0.05, 0.1) is 17.2 Å². The lowest BCUT2D eigenvalue weighted by molar-refractivity contribution is 0.0450. The van der Waals surface area contributed by atoms with Crippen LogP contribution in [0.15, 0.2) is 72.8 Å². The number of nitrogens with zero attached hydrogens (tertiary/aromatic N) is 1. The predicted molar refractivity (Wildman–Crippen MR) is 128 cm³/mol. The van der Waals surface area contributed by atoms with Crippen molar-refractivity contribution in [2.75, 3.05) is 20.3 Å². The van der Waals surface area contributed by atoms with E-state index < -0.39 is 5.97 Å². The molecule has 0 bridgehead atoms. The van der Waals surface area contributed by atoms with Crippen molar-refractivity contribution in [1.29, 1.82) is 0 Å². The molecular weight excluding hydrogens is 457 g/mol. The molecule has 0 fully saturated rings. The normalized spacial score (nSPS) is 10.5. The first-order valence-corrected chi connectivity index (χ1v) is 10.3. The van der Waals surface area contributed by atoms with E-state index in [0.717, 1.165) is 13.1 Å². The Morgan fingerprint density at radius 2 is 1.35 bits per heavy atom. The van der Waals surface area contributed by atoms with Gasteiger partial charge in [0.1, 0.15) is 12.2 Å². The average molecular weight is 481 g/mol. The summed E-state index contributed by atoms with van der Waals surface area (Å²) < 4.78 is 10.7. The molecule has 0 aliphatic carbocycles. The van der Waals surface area contributed by atoms with Crippen molar-refractivity contribution in [2.45, 2.75) is 13.1 Å². The van der Waals surface area contributed by atoms with Crippen LogP contribution < -0.4 is 4.74 Å². The van der Waals surface area contributed by atoms with E-state index in [1.807, 2.05) is 36.4 Å². The minimum atomic E-state index is -0.557. The number of rotatable bonds is 9. The van der Waals surface area contributed by atoms with Crippen molar-refractivity contribution in [3.05, 3.63) is 99.5 Å². The molecule has 7 heteroatoms. The molecule has 0 saturated heterocycles. The molecule has 3 aromatic rings. The first-order chi connectivity index (χ1) is 14.6. The van der Waals surface area contributed by atoms with E-state index in [4.69, 9.17) is 32.7 Å². The van der Waals surface area contributed by atoms with Gasteiger partial charge in [-0.05, 0) is 23.3 Å². The third-order valence-corrected chi connectivity index (χ3v) is 5.22. The summed E-state index contributed by atoms with van der Waals surface area (Å²) >= 11 is 12.3. The zero-order valence-electron chi connectivity index (χ0n) is 17.1. The summed E-state index contributed by atoms with van der Waals surface area (Å²) in [4.78, 5) is 14.9. The van der Waals surface area contributed by atoms with Gasteiger partial charge in [0.2, 0.25) is 0 Å². The number of ether oxygens (including phenoxy) is 2. The Kier molecular flexibility index (Phi) is 10.2. The largest absolute Gasteiger partial charge is 0.494 e. The van der Waals surface area contributed by atoms with Crippen molar-refractivity contribution >= 4 is 41.6 Å². The highest BCUT2D eigenvalue weighted by atomic mass is 35.5. The fraction of sp³-hybridized carbons (Fsp3) is 0.208. The molecule has 0 unspecified atom stereocenters. The number of halogens is 3. The number of methoxy groups -OCH3 is 1. The lowest BCUT2D eigenvalue weighted by Crippen LogP contribution is -2.28. The Morgan fingerprint density at radius 3 is 1.87 bits per heavy atom. The summed E-state index contributed by atoms with van der Waals surface area (Å²) in [6.07, 6.45) is 0. The zero-order valence-corrected chi connectivity index (χ0v) is 19.4. The van der Waals surface area contributed by atoms with Gasteiger partial charge in [-0.3, -0.25) is 4.90 Å². The van der Waals surface area contributed by atoms with Gasteiger partial charge < -0.3 is 9.47 Å². The second-order valence-electron chi connectivity index (χ2n) is 6.76. The van der Waals surface area contributed by atoms with Crippen molar-refractivity contribution in [2.24, 2.45) is 0 Å². The van der Waals surface area contributed by atoms with Gasteiger partial charge in [-0.1, -0.05) is 83.9 Å². The second-order valence-corrected chi connectivity index (χ2v) is 7.57. The number of benzene rings is 3. The Bertz CT molecular complexity index is 927. The summed E-state index contributed by atoms with van der Waals surface area (Å²) in [6.45, 7) is 2.27. The van der Waals surface area contributed by atoms with Crippen LogP contribution in [-0.2, 0) is 17.8 Å².